The summed E-state index contributed by atoms with van der Waals surface area (Å²) >= 11 is 0. The van der Waals surface area contributed by atoms with Crippen molar-refractivity contribution in [2.75, 3.05) is 26.2 Å². The predicted molar refractivity (Wildman–Crippen MR) is 84.9 cm³/mol. The van der Waals surface area contributed by atoms with Crippen LogP contribution in [0.25, 0.3) is 0 Å². The topological polar surface area (TPSA) is 15.3 Å². The van der Waals surface area contributed by atoms with E-state index in [2.05, 4.69) is 30.1 Å². The van der Waals surface area contributed by atoms with E-state index in [4.69, 9.17) is 0 Å². The standard InChI is InChI=1S/C16H25FN2.ClH/c1-3-5-13(2)16(19-10-8-18-9-11-19)14-6-4-7-15(17)12-14;/h4,6-7,12-13,16,18H,3,5,8-11H2,1-2H3;1H/t13?,16-;/m0./s1. The van der Waals surface area contributed by atoms with Gasteiger partial charge in [0, 0.05) is 32.2 Å². The van der Waals surface area contributed by atoms with E-state index in [0.29, 0.717) is 12.0 Å². The molecule has 2 atom stereocenters. The van der Waals surface area contributed by atoms with Gasteiger partial charge in [-0.1, -0.05) is 32.4 Å². The summed E-state index contributed by atoms with van der Waals surface area (Å²) in [4.78, 5) is 2.51. The highest BCUT2D eigenvalue weighted by Gasteiger charge is 2.26. The van der Waals surface area contributed by atoms with Crippen molar-refractivity contribution in [1.82, 2.24) is 10.2 Å². The summed E-state index contributed by atoms with van der Waals surface area (Å²) in [6, 6.07) is 7.49. The van der Waals surface area contributed by atoms with Crippen molar-refractivity contribution in [1.29, 1.82) is 0 Å². The van der Waals surface area contributed by atoms with Crippen molar-refractivity contribution < 1.29 is 4.39 Å². The van der Waals surface area contributed by atoms with Crippen molar-refractivity contribution >= 4 is 12.4 Å². The van der Waals surface area contributed by atoms with Gasteiger partial charge >= 0.3 is 0 Å². The van der Waals surface area contributed by atoms with Crippen molar-refractivity contribution in [3.63, 3.8) is 0 Å². The molecule has 1 aromatic carbocycles. The first-order valence-electron chi connectivity index (χ1n) is 7.42. The average molecular weight is 301 g/mol. The summed E-state index contributed by atoms with van der Waals surface area (Å²) in [5.41, 5.74) is 1.13. The largest absolute Gasteiger partial charge is 0.314 e. The minimum absolute atomic E-state index is 0. The maximum absolute atomic E-state index is 13.5. The first kappa shape index (κ1) is 17.4. The number of hydrogen-bond donors (Lipinski definition) is 1. The molecule has 0 bridgehead atoms. The Hall–Kier alpha value is -0.640. The second-order valence-electron chi connectivity index (χ2n) is 5.55. The van der Waals surface area contributed by atoms with Crippen LogP contribution in [0, 0.1) is 11.7 Å². The summed E-state index contributed by atoms with van der Waals surface area (Å²) in [5, 5.41) is 3.39. The Kier molecular flexibility index (Phi) is 7.49. The Balaban J connectivity index is 0.00000200. The number of hydrogen-bond acceptors (Lipinski definition) is 2. The summed E-state index contributed by atoms with van der Waals surface area (Å²) in [6.07, 6.45) is 2.37. The van der Waals surface area contributed by atoms with Crippen LogP contribution in [-0.4, -0.2) is 31.1 Å². The molecule has 4 heteroatoms. The minimum Gasteiger partial charge on any atom is -0.314 e. The molecule has 1 aromatic rings. The summed E-state index contributed by atoms with van der Waals surface area (Å²) < 4.78 is 13.5. The lowest BCUT2D eigenvalue weighted by atomic mass is 9.89. The molecule has 2 nitrogen and oxygen atoms in total. The summed E-state index contributed by atoms with van der Waals surface area (Å²) in [5.74, 6) is 0.436. The van der Waals surface area contributed by atoms with E-state index in [0.717, 1.165) is 31.7 Å². The van der Waals surface area contributed by atoms with Gasteiger partial charge in [-0.15, -0.1) is 12.4 Å². The number of nitrogens with one attached hydrogen (secondary N) is 1. The van der Waals surface area contributed by atoms with Gasteiger partial charge in [-0.3, -0.25) is 4.90 Å². The third kappa shape index (κ3) is 4.44. The molecule has 1 saturated heterocycles. The Morgan fingerprint density at radius 1 is 1.30 bits per heavy atom. The number of benzene rings is 1. The van der Waals surface area contributed by atoms with E-state index in [9.17, 15) is 4.39 Å². The molecule has 0 spiro atoms. The lowest BCUT2D eigenvalue weighted by molar-refractivity contribution is 0.126. The minimum atomic E-state index is -0.124. The van der Waals surface area contributed by atoms with Crippen molar-refractivity contribution in [2.45, 2.75) is 32.7 Å². The Labute approximate surface area is 128 Å². The normalized spacial score (nSPS) is 19.1. The van der Waals surface area contributed by atoms with Gasteiger partial charge in [0.1, 0.15) is 5.82 Å². The molecule has 114 valence electrons. The van der Waals surface area contributed by atoms with Crippen LogP contribution in [0.2, 0.25) is 0 Å². The molecule has 2 rings (SSSR count). The Bertz CT molecular complexity index is 394. The fourth-order valence-corrected chi connectivity index (χ4v) is 3.16. The first-order chi connectivity index (χ1) is 9.22. The SMILES string of the molecule is CCCC(C)[C@@H](c1cccc(F)c1)N1CCNCC1.Cl. The first-order valence-corrected chi connectivity index (χ1v) is 7.42. The number of nitrogens with zero attached hydrogens (tertiary/aromatic N) is 1. The average Bonchev–Trinajstić information content (AvgIpc) is 2.40. The van der Waals surface area contributed by atoms with E-state index < -0.39 is 0 Å². The van der Waals surface area contributed by atoms with Crippen LogP contribution >= 0.6 is 12.4 Å². The van der Waals surface area contributed by atoms with Crippen LogP contribution in [0.5, 0.6) is 0 Å². The lowest BCUT2D eigenvalue weighted by Crippen LogP contribution is -2.46. The highest BCUT2D eigenvalue weighted by molar-refractivity contribution is 5.85. The molecule has 0 saturated carbocycles. The zero-order valence-electron chi connectivity index (χ0n) is 12.4. The molecular formula is C16H26ClFN2. The number of piperazine rings is 1. The van der Waals surface area contributed by atoms with Crippen molar-refractivity contribution in [3.05, 3.63) is 35.6 Å². The van der Waals surface area contributed by atoms with E-state index >= 15 is 0 Å². The Morgan fingerprint density at radius 2 is 2.00 bits per heavy atom. The van der Waals surface area contributed by atoms with Gasteiger partial charge in [-0.25, -0.2) is 4.39 Å². The smallest absolute Gasteiger partial charge is 0.123 e. The highest BCUT2D eigenvalue weighted by atomic mass is 35.5. The van der Waals surface area contributed by atoms with E-state index in [-0.39, 0.29) is 18.2 Å². The Morgan fingerprint density at radius 3 is 2.60 bits per heavy atom. The molecule has 1 unspecified atom stereocenters. The van der Waals surface area contributed by atoms with E-state index in [1.165, 1.54) is 18.9 Å². The van der Waals surface area contributed by atoms with Crippen LogP contribution in [0.4, 0.5) is 4.39 Å². The highest BCUT2D eigenvalue weighted by Crippen LogP contribution is 2.32. The maximum Gasteiger partial charge on any atom is 0.123 e. The van der Waals surface area contributed by atoms with Crippen LogP contribution in [-0.2, 0) is 0 Å². The molecule has 0 aliphatic carbocycles. The fourth-order valence-electron chi connectivity index (χ4n) is 3.16. The summed E-state index contributed by atoms with van der Waals surface area (Å²) in [7, 11) is 0. The van der Waals surface area contributed by atoms with Gasteiger partial charge in [0.25, 0.3) is 0 Å². The molecule has 0 amide bonds. The zero-order valence-corrected chi connectivity index (χ0v) is 13.3. The van der Waals surface area contributed by atoms with Gasteiger partial charge in [0.05, 0.1) is 0 Å². The number of halogens is 2. The second-order valence-corrected chi connectivity index (χ2v) is 5.55. The molecular weight excluding hydrogens is 275 g/mol. The number of rotatable bonds is 5. The van der Waals surface area contributed by atoms with Gasteiger partial charge in [0.15, 0.2) is 0 Å². The summed E-state index contributed by atoms with van der Waals surface area (Å²) in [6.45, 7) is 8.68. The fraction of sp³-hybridized carbons (Fsp3) is 0.625. The molecule has 1 N–H and O–H groups in total. The monoisotopic (exact) mass is 300 g/mol. The van der Waals surface area contributed by atoms with Gasteiger partial charge in [0.2, 0.25) is 0 Å². The van der Waals surface area contributed by atoms with Crippen LogP contribution in [0.3, 0.4) is 0 Å². The van der Waals surface area contributed by atoms with Crippen molar-refractivity contribution in [2.24, 2.45) is 5.92 Å². The predicted octanol–water partition coefficient (Wildman–Crippen LogP) is 3.63. The molecule has 20 heavy (non-hydrogen) atoms. The second kappa shape index (κ2) is 8.60. The third-order valence-corrected chi connectivity index (χ3v) is 4.02. The van der Waals surface area contributed by atoms with Gasteiger partial charge in [-0.2, -0.15) is 0 Å². The van der Waals surface area contributed by atoms with Gasteiger partial charge < -0.3 is 5.32 Å². The molecule has 0 radical (unpaired) electrons. The molecule has 1 heterocycles. The molecule has 1 fully saturated rings. The van der Waals surface area contributed by atoms with Gasteiger partial charge in [-0.05, 0) is 30.0 Å². The molecule has 1 aliphatic heterocycles. The van der Waals surface area contributed by atoms with Crippen LogP contribution < -0.4 is 5.32 Å². The molecule has 0 aromatic heterocycles. The van der Waals surface area contributed by atoms with Crippen LogP contribution in [0.15, 0.2) is 24.3 Å². The lowest BCUT2D eigenvalue weighted by Gasteiger charge is -2.38. The van der Waals surface area contributed by atoms with Crippen molar-refractivity contribution in [3.8, 4) is 0 Å². The van der Waals surface area contributed by atoms with E-state index in [1.54, 1.807) is 6.07 Å². The quantitative estimate of drug-likeness (QED) is 0.893. The van der Waals surface area contributed by atoms with Crippen LogP contribution in [0.1, 0.15) is 38.3 Å². The maximum atomic E-state index is 13.5. The van der Waals surface area contributed by atoms with E-state index in [1.807, 2.05) is 6.07 Å². The third-order valence-electron chi connectivity index (χ3n) is 4.02. The zero-order chi connectivity index (χ0) is 13.7. The molecule has 1 aliphatic rings.